The van der Waals surface area contributed by atoms with Crippen LogP contribution < -0.4 is 4.74 Å². The molecular formula is C19H26O6. The molecule has 0 N–H and O–H groups in total. The summed E-state index contributed by atoms with van der Waals surface area (Å²) in [4.78, 5) is 11.2. The molecule has 1 aliphatic rings. The Morgan fingerprint density at radius 3 is 2.60 bits per heavy atom. The lowest BCUT2D eigenvalue weighted by molar-refractivity contribution is -0.157. The maximum atomic E-state index is 11.2. The molecule has 138 valence electrons. The normalized spacial score (nSPS) is 20.6. The maximum Gasteiger partial charge on any atom is 0.330 e. The number of ether oxygens (including phenoxy) is 5. The Morgan fingerprint density at radius 2 is 2.04 bits per heavy atom. The molecule has 0 unspecified atom stereocenters. The number of benzene rings is 1. The van der Waals surface area contributed by atoms with E-state index < -0.39 is 11.8 Å². The van der Waals surface area contributed by atoms with E-state index in [4.69, 9.17) is 18.9 Å². The molecule has 25 heavy (non-hydrogen) atoms. The van der Waals surface area contributed by atoms with Crippen molar-refractivity contribution in [2.75, 3.05) is 20.8 Å². The second-order valence-electron chi connectivity index (χ2n) is 6.23. The molecule has 1 aromatic rings. The van der Waals surface area contributed by atoms with Crippen LogP contribution >= 0.6 is 0 Å². The van der Waals surface area contributed by atoms with Gasteiger partial charge in [0.2, 0.25) is 0 Å². The Kier molecular flexibility index (Phi) is 6.99. The van der Waals surface area contributed by atoms with Gasteiger partial charge in [0.05, 0.1) is 33.5 Å². The largest absolute Gasteiger partial charge is 0.497 e. The summed E-state index contributed by atoms with van der Waals surface area (Å²) in [6.07, 6.45) is 3.22. The van der Waals surface area contributed by atoms with E-state index in [-0.39, 0.29) is 12.2 Å². The van der Waals surface area contributed by atoms with Gasteiger partial charge in [-0.15, -0.1) is 0 Å². The monoisotopic (exact) mass is 350 g/mol. The predicted octanol–water partition coefficient (Wildman–Crippen LogP) is 2.85. The van der Waals surface area contributed by atoms with Crippen molar-refractivity contribution in [3.63, 3.8) is 0 Å². The first-order valence-corrected chi connectivity index (χ1v) is 8.24. The van der Waals surface area contributed by atoms with Crippen molar-refractivity contribution >= 4 is 5.97 Å². The summed E-state index contributed by atoms with van der Waals surface area (Å²) >= 11 is 0. The molecule has 2 atom stereocenters. The Bertz CT molecular complexity index is 578. The number of carbonyl (C=O) groups is 1. The number of carbonyl (C=O) groups excluding carboxylic acids is 1. The SMILES string of the molecule is COC(=O)/C=C/C[C@H](OCc1ccc(OC)cc1)[C@H]1COC(C)(C)O1. The quantitative estimate of drug-likeness (QED) is 0.531. The fourth-order valence-electron chi connectivity index (χ4n) is 2.52. The standard InChI is InChI=1S/C19H26O6/c1-19(2)24-13-17(25-19)16(6-5-7-18(20)22-4)23-12-14-8-10-15(21-3)11-9-14/h5,7-11,16-17H,6,12-13H2,1-4H3/b7-5+/t16-,17+/m0/s1. The summed E-state index contributed by atoms with van der Waals surface area (Å²) in [6, 6.07) is 7.69. The van der Waals surface area contributed by atoms with Gasteiger partial charge in [-0.2, -0.15) is 0 Å². The van der Waals surface area contributed by atoms with Crippen LogP contribution in [0.5, 0.6) is 5.75 Å². The van der Waals surface area contributed by atoms with Crippen LogP contribution in [0.2, 0.25) is 0 Å². The maximum absolute atomic E-state index is 11.2. The molecule has 0 amide bonds. The van der Waals surface area contributed by atoms with Crippen LogP contribution in [0.3, 0.4) is 0 Å². The lowest BCUT2D eigenvalue weighted by Crippen LogP contribution is -2.32. The van der Waals surface area contributed by atoms with E-state index in [2.05, 4.69) is 4.74 Å². The van der Waals surface area contributed by atoms with E-state index in [1.807, 2.05) is 38.1 Å². The topological polar surface area (TPSA) is 63.2 Å². The van der Waals surface area contributed by atoms with Gasteiger partial charge in [0, 0.05) is 6.08 Å². The first-order chi connectivity index (χ1) is 11.9. The fraction of sp³-hybridized carbons (Fsp3) is 0.526. The van der Waals surface area contributed by atoms with Crippen molar-refractivity contribution < 1.29 is 28.5 Å². The minimum atomic E-state index is -0.627. The summed E-state index contributed by atoms with van der Waals surface area (Å²) in [6.45, 7) is 4.63. The van der Waals surface area contributed by atoms with Crippen molar-refractivity contribution in [3.8, 4) is 5.75 Å². The van der Waals surface area contributed by atoms with Gasteiger partial charge in [0.15, 0.2) is 5.79 Å². The van der Waals surface area contributed by atoms with Gasteiger partial charge in [-0.05, 0) is 38.0 Å². The van der Waals surface area contributed by atoms with Gasteiger partial charge in [-0.1, -0.05) is 18.2 Å². The lowest BCUT2D eigenvalue weighted by atomic mass is 10.1. The average molecular weight is 350 g/mol. The zero-order chi connectivity index (χ0) is 18.3. The highest BCUT2D eigenvalue weighted by Gasteiger charge is 2.37. The van der Waals surface area contributed by atoms with Crippen LogP contribution in [0, 0.1) is 0 Å². The Balaban J connectivity index is 1.97. The number of rotatable bonds is 8. The van der Waals surface area contributed by atoms with Crippen LogP contribution in [-0.4, -0.2) is 44.8 Å². The van der Waals surface area contributed by atoms with Crippen LogP contribution in [-0.2, 0) is 30.3 Å². The van der Waals surface area contributed by atoms with Crippen LogP contribution in [0.25, 0.3) is 0 Å². The molecule has 1 aromatic carbocycles. The number of esters is 1. The van der Waals surface area contributed by atoms with E-state index >= 15 is 0 Å². The van der Waals surface area contributed by atoms with Crippen molar-refractivity contribution in [1.29, 1.82) is 0 Å². The van der Waals surface area contributed by atoms with Gasteiger partial charge in [0.25, 0.3) is 0 Å². The van der Waals surface area contributed by atoms with Gasteiger partial charge < -0.3 is 23.7 Å². The molecule has 0 aromatic heterocycles. The van der Waals surface area contributed by atoms with E-state index in [9.17, 15) is 4.79 Å². The van der Waals surface area contributed by atoms with Crippen molar-refractivity contribution in [2.24, 2.45) is 0 Å². The van der Waals surface area contributed by atoms with Crippen LogP contribution in [0.1, 0.15) is 25.8 Å². The number of methoxy groups -OCH3 is 2. The third-order valence-corrected chi connectivity index (χ3v) is 3.89. The molecule has 0 spiro atoms. The molecule has 0 bridgehead atoms. The zero-order valence-corrected chi connectivity index (χ0v) is 15.2. The first-order valence-electron chi connectivity index (χ1n) is 8.24. The zero-order valence-electron chi connectivity index (χ0n) is 15.2. The second kappa shape index (κ2) is 8.99. The molecule has 0 saturated carbocycles. The predicted molar refractivity (Wildman–Crippen MR) is 92.2 cm³/mol. The van der Waals surface area contributed by atoms with Crippen molar-refractivity contribution in [2.45, 2.75) is 44.9 Å². The van der Waals surface area contributed by atoms with E-state index in [0.29, 0.717) is 19.6 Å². The molecule has 1 saturated heterocycles. The third-order valence-electron chi connectivity index (χ3n) is 3.89. The molecular weight excluding hydrogens is 324 g/mol. The van der Waals surface area contributed by atoms with Crippen LogP contribution in [0.4, 0.5) is 0 Å². The molecule has 0 aliphatic carbocycles. The average Bonchev–Trinajstić information content (AvgIpc) is 2.97. The van der Waals surface area contributed by atoms with Crippen LogP contribution in [0.15, 0.2) is 36.4 Å². The fourth-order valence-corrected chi connectivity index (χ4v) is 2.52. The summed E-state index contributed by atoms with van der Waals surface area (Å²) in [5, 5.41) is 0. The molecule has 1 heterocycles. The summed E-state index contributed by atoms with van der Waals surface area (Å²) in [5.41, 5.74) is 1.03. The summed E-state index contributed by atoms with van der Waals surface area (Å²) in [7, 11) is 2.98. The second-order valence-corrected chi connectivity index (χ2v) is 6.23. The highest BCUT2D eigenvalue weighted by atomic mass is 16.7. The Morgan fingerprint density at radius 1 is 1.32 bits per heavy atom. The van der Waals surface area contributed by atoms with Crippen molar-refractivity contribution in [1.82, 2.24) is 0 Å². The lowest BCUT2D eigenvalue weighted by Gasteiger charge is -2.24. The van der Waals surface area contributed by atoms with Gasteiger partial charge >= 0.3 is 5.97 Å². The van der Waals surface area contributed by atoms with E-state index in [0.717, 1.165) is 11.3 Å². The van der Waals surface area contributed by atoms with Gasteiger partial charge in [-0.3, -0.25) is 0 Å². The number of hydrogen-bond donors (Lipinski definition) is 0. The molecule has 1 aliphatic heterocycles. The minimum Gasteiger partial charge on any atom is -0.497 e. The smallest absolute Gasteiger partial charge is 0.330 e. The molecule has 1 fully saturated rings. The van der Waals surface area contributed by atoms with E-state index in [1.54, 1.807) is 13.2 Å². The number of hydrogen-bond acceptors (Lipinski definition) is 6. The Labute approximate surface area is 148 Å². The van der Waals surface area contributed by atoms with E-state index in [1.165, 1.54) is 13.2 Å². The molecule has 0 radical (unpaired) electrons. The molecule has 6 heteroatoms. The van der Waals surface area contributed by atoms with Gasteiger partial charge in [0.1, 0.15) is 11.9 Å². The highest BCUT2D eigenvalue weighted by Crippen LogP contribution is 2.27. The summed E-state index contributed by atoms with van der Waals surface area (Å²) in [5.74, 6) is -0.216. The molecule has 2 rings (SSSR count). The third kappa shape index (κ3) is 6.16. The molecule has 6 nitrogen and oxygen atoms in total. The van der Waals surface area contributed by atoms with Crippen molar-refractivity contribution in [3.05, 3.63) is 42.0 Å². The Hall–Kier alpha value is -1.89. The minimum absolute atomic E-state index is 0.199. The first kappa shape index (κ1) is 19.4. The van der Waals surface area contributed by atoms with Gasteiger partial charge in [-0.25, -0.2) is 4.79 Å². The summed E-state index contributed by atoms with van der Waals surface area (Å²) < 4.78 is 27.3. The highest BCUT2D eigenvalue weighted by molar-refractivity contribution is 5.81.